The van der Waals surface area contributed by atoms with E-state index in [-0.39, 0.29) is 5.91 Å². The van der Waals surface area contributed by atoms with Crippen molar-refractivity contribution in [2.75, 3.05) is 25.2 Å². The minimum absolute atomic E-state index is 0.0342. The summed E-state index contributed by atoms with van der Waals surface area (Å²) in [6.45, 7) is 6.39. The lowest BCUT2D eigenvalue weighted by Gasteiger charge is -2.19. The van der Waals surface area contributed by atoms with Gasteiger partial charge in [-0.2, -0.15) is 11.8 Å². The lowest BCUT2D eigenvalue weighted by molar-refractivity contribution is -0.118. The Labute approximate surface area is 147 Å². The van der Waals surface area contributed by atoms with Crippen LogP contribution in [0, 0.1) is 0 Å². The maximum Gasteiger partial charge on any atom is 0.407 e. The van der Waals surface area contributed by atoms with E-state index in [1.165, 1.54) is 11.8 Å². The largest absolute Gasteiger partial charge is 0.497 e. The van der Waals surface area contributed by atoms with Gasteiger partial charge in [0.2, 0.25) is 5.91 Å². The molecule has 0 aliphatic rings. The third kappa shape index (κ3) is 9.29. The Kier molecular flexibility index (Phi) is 8.46. The van der Waals surface area contributed by atoms with Crippen molar-refractivity contribution in [3.05, 3.63) is 29.8 Å². The summed E-state index contributed by atoms with van der Waals surface area (Å²) in [4.78, 5) is 23.2. The molecule has 0 fully saturated rings. The van der Waals surface area contributed by atoms with Crippen LogP contribution in [0.25, 0.3) is 0 Å². The van der Waals surface area contributed by atoms with Gasteiger partial charge >= 0.3 is 6.09 Å². The zero-order valence-corrected chi connectivity index (χ0v) is 15.5. The molecule has 2 amide bonds. The van der Waals surface area contributed by atoms with Crippen LogP contribution in [0.2, 0.25) is 0 Å². The summed E-state index contributed by atoms with van der Waals surface area (Å²) >= 11 is 1.46. The number of nitrogens with one attached hydrogen (secondary N) is 2. The molecule has 0 saturated heterocycles. The Morgan fingerprint density at radius 2 is 1.79 bits per heavy atom. The predicted molar refractivity (Wildman–Crippen MR) is 96.4 cm³/mol. The van der Waals surface area contributed by atoms with Crippen molar-refractivity contribution < 1.29 is 19.1 Å². The summed E-state index contributed by atoms with van der Waals surface area (Å²) in [6.07, 6.45) is -0.438. The van der Waals surface area contributed by atoms with Crippen molar-refractivity contribution in [1.82, 2.24) is 10.6 Å². The average Bonchev–Trinajstić information content (AvgIpc) is 2.51. The number of carbonyl (C=O) groups excluding carboxylic acids is 2. The number of alkyl carbamates (subject to hydrolysis) is 1. The van der Waals surface area contributed by atoms with E-state index in [1.807, 2.05) is 45.0 Å². The molecule has 24 heavy (non-hydrogen) atoms. The molecule has 0 aliphatic carbocycles. The van der Waals surface area contributed by atoms with Crippen molar-refractivity contribution in [2.24, 2.45) is 0 Å². The second-order valence-electron chi connectivity index (χ2n) is 6.11. The Morgan fingerprint density at radius 3 is 2.38 bits per heavy atom. The fourth-order valence-electron chi connectivity index (χ4n) is 1.70. The van der Waals surface area contributed by atoms with E-state index in [9.17, 15) is 9.59 Å². The monoisotopic (exact) mass is 354 g/mol. The molecule has 0 unspecified atom stereocenters. The molecule has 6 nitrogen and oxygen atoms in total. The van der Waals surface area contributed by atoms with Crippen LogP contribution >= 0.6 is 11.8 Å². The smallest absolute Gasteiger partial charge is 0.407 e. The van der Waals surface area contributed by atoms with E-state index in [0.717, 1.165) is 11.3 Å². The minimum atomic E-state index is -0.501. The zero-order valence-electron chi connectivity index (χ0n) is 14.7. The molecule has 0 atom stereocenters. The van der Waals surface area contributed by atoms with E-state index >= 15 is 0 Å². The van der Waals surface area contributed by atoms with E-state index in [4.69, 9.17) is 9.47 Å². The molecule has 0 radical (unpaired) electrons. The van der Waals surface area contributed by atoms with E-state index in [0.29, 0.717) is 24.6 Å². The highest BCUT2D eigenvalue weighted by molar-refractivity contribution is 7.99. The minimum Gasteiger partial charge on any atom is -0.497 e. The molecule has 0 bridgehead atoms. The van der Waals surface area contributed by atoms with E-state index in [2.05, 4.69) is 10.6 Å². The number of carbonyl (C=O) groups is 2. The normalized spacial score (nSPS) is 10.8. The highest BCUT2D eigenvalue weighted by Crippen LogP contribution is 2.11. The number of benzene rings is 1. The number of hydrogen-bond acceptors (Lipinski definition) is 5. The molecule has 7 heteroatoms. The van der Waals surface area contributed by atoms with E-state index in [1.54, 1.807) is 7.11 Å². The van der Waals surface area contributed by atoms with Crippen LogP contribution in [0.3, 0.4) is 0 Å². The number of rotatable bonds is 8. The van der Waals surface area contributed by atoms with Crippen LogP contribution in [-0.4, -0.2) is 42.8 Å². The summed E-state index contributed by atoms with van der Waals surface area (Å²) < 4.78 is 10.2. The molecule has 0 saturated carbocycles. The molecule has 1 aromatic rings. The molecule has 0 aromatic heterocycles. The first-order valence-electron chi connectivity index (χ1n) is 7.74. The molecule has 2 N–H and O–H groups in total. The Hall–Kier alpha value is -1.89. The van der Waals surface area contributed by atoms with Gasteiger partial charge in [-0.15, -0.1) is 0 Å². The van der Waals surface area contributed by atoms with Gasteiger partial charge in [0.1, 0.15) is 11.4 Å². The molecule has 0 spiro atoms. The lowest BCUT2D eigenvalue weighted by atomic mass is 10.2. The van der Waals surface area contributed by atoms with Gasteiger partial charge in [0.15, 0.2) is 0 Å². The third-order valence-electron chi connectivity index (χ3n) is 2.80. The summed E-state index contributed by atoms with van der Waals surface area (Å²) in [5, 5.41) is 5.51. The van der Waals surface area contributed by atoms with Crippen molar-refractivity contribution in [1.29, 1.82) is 0 Å². The molecule has 1 aromatic carbocycles. The van der Waals surface area contributed by atoms with Gasteiger partial charge in [-0.05, 0) is 38.5 Å². The standard InChI is InChI=1S/C17H26N2O4S/c1-17(2,3)23-16(21)18-9-10-24-12-15(20)19-11-13-5-7-14(22-4)8-6-13/h5-8H,9-12H2,1-4H3,(H,18,21)(H,19,20). The number of ether oxygens (including phenoxy) is 2. The van der Waals surface area contributed by atoms with Crippen LogP contribution in [0.5, 0.6) is 5.75 Å². The summed E-state index contributed by atoms with van der Waals surface area (Å²) in [5.41, 5.74) is 0.513. The lowest BCUT2D eigenvalue weighted by Crippen LogP contribution is -2.33. The van der Waals surface area contributed by atoms with Gasteiger partial charge in [-0.3, -0.25) is 4.79 Å². The summed E-state index contributed by atoms with van der Waals surface area (Å²) in [5.74, 6) is 1.76. The number of amides is 2. The number of thioether (sulfide) groups is 1. The molecule has 0 aliphatic heterocycles. The second kappa shape index (κ2) is 10.1. The SMILES string of the molecule is COc1ccc(CNC(=O)CSCCNC(=O)OC(C)(C)C)cc1. The molecular weight excluding hydrogens is 328 g/mol. The van der Waals surface area contributed by atoms with Crippen molar-refractivity contribution in [3.8, 4) is 5.75 Å². The van der Waals surface area contributed by atoms with Crippen LogP contribution < -0.4 is 15.4 Å². The van der Waals surface area contributed by atoms with Gasteiger partial charge < -0.3 is 20.1 Å². The van der Waals surface area contributed by atoms with Gasteiger partial charge in [-0.1, -0.05) is 12.1 Å². The first-order chi connectivity index (χ1) is 11.3. The van der Waals surface area contributed by atoms with E-state index < -0.39 is 11.7 Å². The predicted octanol–water partition coefficient (Wildman–Crippen LogP) is 2.57. The Balaban J connectivity index is 2.10. The van der Waals surface area contributed by atoms with Crippen molar-refractivity contribution in [2.45, 2.75) is 32.9 Å². The highest BCUT2D eigenvalue weighted by Gasteiger charge is 2.15. The zero-order chi connectivity index (χ0) is 18.0. The van der Waals surface area contributed by atoms with Crippen LogP contribution in [0.4, 0.5) is 4.79 Å². The molecule has 134 valence electrons. The van der Waals surface area contributed by atoms with Crippen molar-refractivity contribution >= 4 is 23.8 Å². The van der Waals surface area contributed by atoms with Gasteiger partial charge in [-0.25, -0.2) is 4.79 Å². The molecule has 1 rings (SSSR count). The second-order valence-corrected chi connectivity index (χ2v) is 7.21. The maximum absolute atomic E-state index is 11.8. The number of hydrogen-bond donors (Lipinski definition) is 2. The Bertz CT molecular complexity index is 526. The van der Waals surface area contributed by atoms with Gasteiger partial charge in [0.25, 0.3) is 0 Å². The fraction of sp³-hybridized carbons (Fsp3) is 0.529. The topological polar surface area (TPSA) is 76.7 Å². The van der Waals surface area contributed by atoms with Crippen LogP contribution in [0.1, 0.15) is 26.3 Å². The number of methoxy groups -OCH3 is 1. The fourth-order valence-corrected chi connectivity index (χ4v) is 2.38. The van der Waals surface area contributed by atoms with Crippen LogP contribution in [0.15, 0.2) is 24.3 Å². The molecule has 0 heterocycles. The van der Waals surface area contributed by atoms with Crippen LogP contribution in [-0.2, 0) is 16.1 Å². The first kappa shape index (κ1) is 20.2. The van der Waals surface area contributed by atoms with Gasteiger partial charge in [0.05, 0.1) is 12.9 Å². The summed E-state index contributed by atoms with van der Waals surface area (Å²) in [7, 11) is 1.62. The third-order valence-corrected chi connectivity index (χ3v) is 3.76. The quantitative estimate of drug-likeness (QED) is 0.702. The first-order valence-corrected chi connectivity index (χ1v) is 8.90. The summed E-state index contributed by atoms with van der Waals surface area (Å²) in [6, 6.07) is 7.55. The molecular formula is C17H26N2O4S. The highest BCUT2D eigenvalue weighted by atomic mass is 32.2. The Morgan fingerprint density at radius 1 is 1.12 bits per heavy atom. The average molecular weight is 354 g/mol. The van der Waals surface area contributed by atoms with Crippen molar-refractivity contribution in [3.63, 3.8) is 0 Å². The van der Waals surface area contributed by atoms with Gasteiger partial charge in [0, 0.05) is 18.8 Å². The maximum atomic E-state index is 11.8.